The van der Waals surface area contributed by atoms with Gasteiger partial charge in [0.2, 0.25) is 10.0 Å². The first-order chi connectivity index (χ1) is 14.3. The van der Waals surface area contributed by atoms with Crippen molar-refractivity contribution in [1.82, 2.24) is 9.21 Å². The molecule has 0 saturated carbocycles. The molecule has 0 bridgehead atoms. The lowest BCUT2D eigenvalue weighted by Gasteiger charge is -2.27. The largest absolute Gasteiger partial charge is 0.486 e. The van der Waals surface area contributed by atoms with Gasteiger partial charge in [-0.1, -0.05) is 6.07 Å². The Labute approximate surface area is 184 Å². The van der Waals surface area contributed by atoms with Gasteiger partial charge in [0.05, 0.1) is 10.9 Å². The average molecular weight is 495 g/mol. The van der Waals surface area contributed by atoms with Crippen molar-refractivity contribution >= 4 is 31.9 Å². The smallest absolute Gasteiger partial charge is 0.254 e. The minimum Gasteiger partial charge on any atom is -0.486 e. The molecule has 2 aromatic carbocycles. The quantitative estimate of drug-likeness (QED) is 0.650. The molecule has 1 unspecified atom stereocenters. The molecule has 1 atom stereocenters. The summed E-state index contributed by atoms with van der Waals surface area (Å²) in [5.74, 6) is 1.23. The van der Waals surface area contributed by atoms with Gasteiger partial charge in [0, 0.05) is 30.7 Å². The van der Waals surface area contributed by atoms with E-state index in [-0.39, 0.29) is 16.8 Å². The summed E-state index contributed by atoms with van der Waals surface area (Å²) < 4.78 is 38.1. The van der Waals surface area contributed by atoms with Crippen LogP contribution < -0.4 is 9.47 Å². The molecule has 1 saturated heterocycles. The lowest BCUT2D eigenvalue weighted by Crippen LogP contribution is -2.31. The van der Waals surface area contributed by atoms with Gasteiger partial charge in [-0.15, -0.1) is 0 Å². The number of nitrogens with zero attached hydrogens (tertiary/aromatic N) is 2. The number of likely N-dealkylation sites (tertiary alicyclic amines) is 1. The number of hydrogen-bond donors (Lipinski definition) is 0. The van der Waals surface area contributed by atoms with Crippen LogP contribution in [-0.2, 0) is 10.0 Å². The third-order valence-electron chi connectivity index (χ3n) is 5.40. The van der Waals surface area contributed by atoms with Crippen LogP contribution in [0.2, 0.25) is 0 Å². The molecule has 9 heteroatoms. The second kappa shape index (κ2) is 8.20. The first-order valence-corrected chi connectivity index (χ1v) is 11.9. The number of amides is 1. The van der Waals surface area contributed by atoms with Gasteiger partial charge >= 0.3 is 0 Å². The SMILES string of the molecule is CN(C)S(=O)(=O)c1cc(C(=O)N2CCCC2c2ccc3c(c2)OCCO3)ccc1Br. The Bertz CT molecular complexity index is 1090. The van der Waals surface area contributed by atoms with E-state index < -0.39 is 10.0 Å². The molecule has 7 nitrogen and oxygen atoms in total. The summed E-state index contributed by atoms with van der Waals surface area (Å²) >= 11 is 3.29. The molecule has 1 amide bonds. The van der Waals surface area contributed by atoms with E-state index in [2.05, 4.69) is 15.9 Å². The van der Waals surface area contributed by atoms with Crippen LogP contribution in [0.3, 0.4) is 0 Å². The molecule has 0 aliphatic carbocycles. The summed E-state index contributed by atoms with van der Waals surface area (Å²) in [6, 6.07) is 10.4. The third kappa shape index (κ3) is 3.81. The highest BCUT2D eigenvalue weighted by atomic mass is 79.9. The number of fused-ring (bicyclic) bond motifs is 1. The fourth-order valence-corrected chi connectivity index (χ4v) is 5.66. The second-order valence-corrected chi connectivity index (χ2v) is 10.5. The molecule has 2 aliphatic heterocycles. The topological polar surface area (TPSA) is 76.2 Å². The number of rotatable bonds is 4. The van der Waals surface area contributed by atoms with Crippen molar-refractivity contribution in [3.8, 4) is 11.5 Å². The third-order valence-corrected chi connectivity index (χ3v) is 8.21. The maximum Gasteiger partial charge on any atom is 0.254 e. The zero-order valence-corrected chi connectivity index (χ0v) is 19.2. The summed E-state index contributed by atoms with van der Waals surface area (Å²) in [7, 11) is -0.744. The molecule has 4 rings (SSSR count). The molecule has 0 aromatic heterocycles. The van der Waals surface area contributed by atoms with Crippen LogP contribution in [0.5, 0.6) is 11.5 Å². The fraction of sp³-hybridized carbons (Fsp3) is 0.381. The van der Waals surface area contributed by atoms with Gasteiger partial charge < -0.3 is 14.4 Å². The molecule has 2 heterocycles. The van der Waals surface area contributed by atoms with Crippen LogP contribution >= 0.6 is 15.9 Å². The summed E-state index contributed by atoms with van der Waals surface area (Å²) in [4.78, 5) is 15.2. The maximum atomic E-state index is 13.3. The van der Waals surface area contributed by atoms with Crippen molar-refractivity contribution in [2.45, 2.75) is 23.8 Å². The zero-order valence-electron chi connectivity index (χ0n) is 16.8. The molecule has 1 fully saturated rings. The molecule has 160 valence electrons. The van der Waals surface area contributed by atoms with Crippen molar-refractivity contribution in [1.29, 1.82) is 0 Å². The number of sulfonamides is 1. The molecule has 0 N–H and O–H groups in total. The number of carbonyl (C=O) groups excluding carboxylic acids is 1. The average Bonchev–Trinajstić information content (AvgIpc) is 3.23. The number of hydrogen-bond acceptors (Lipinski definition) is 5. The summed E-state index contributed by atoms with van der Waals surface area (Å²) in [6.45, 7) is 1.65. The van der Waals surface area contributed by atoms with Crippen molar-refractivity contribution in [3.05, 3.63) is 52.0 Å². The monoisotopic (exact) mass is 494 g/mol. The molecule has 2 aromatic rings. The minimum absolute atomic E-state index is 0.0772. The first-order valence-electron chi connectivity index (χ1n) is 9.71. The van der Waals surface area contributed by atoms with Crippen molar-refractivity contribution < 1.29 is 22.7 Å². The van der Waals surface area contributed by atoms with E-state index in [0.29, 0.717) is 41.3 Å². The highest BCUT2D eigenvalue weighted by molar-refractivity contribution is 9.10. The van der Waals surface area contributed by atoms with Gasteiger partial charge in [-0.2, -0.15) is 0 Å². The Balaban J connectivity index is 1.65. The highest BCUT2D eigenvalue weighted by Crippen LogP contribution is 2.39. The molecular formula is C21H23BrN2O5S. The molecule has 0 radical (unpaired) electrons. The first kappa shape index (κ1) is 21.1. The van der Waals surface area contributed by atoms with Gasteiger partial charge in [-0.3, -0.25) is 4.79 Å². The van der Waals surface area contributed by atoms with Crippen LogP contribution in [0.4, 0.5) is 0 Å². The Morgan fingerprint density at radius 2 is 1.83 bits per heavy atom. The summed E-state index contributed by atoms with van der Waals surface area (Å²) in [5, 5.41) is 0. The van der Waals surface area contributed by atoms with Crippen LogP contribution in [0.15, 0.2) is 45.8 Å². The Kier molecular flexibility index (Phi) is 5.78. The van der Waals surface area contributed by atoms with Crippen molar-refractivity contribution in [3.63, 3.8) is 0 Å². The summed E-state index contributed by atoms with van der Waals surface area (Å²) in [6.07, 6.45) is 1.72. The van der Waals surface area contributed by atoms with E-state index in [9.17, 15) is 13.2 Å². The van der Waals surface area contributed by atoms with Gasteiger partial charge in [-0.25, -0.2) is 12.7 Å². The zero-order chi connectivity index (χ0) is 21.5. The van der Waals surface area contributed by atoms with E-state index in [1.54, 1.807) is 17.0 Å². The number of carbonyl (C=O) groups is 1. The predicted molar refractivity (Wildman–Crippen MR) is 115 cm³/mol. The fourth-order valence-electron chi connectivity index (χ4n) is 3.82. The predicted octanol–water partition coefficient (Wildman–Crippen LogP) is 3.45. The molecular weight excluding hydrogens is 472 g/mol. The Hall–Kier alpha value is -2.10. The van der Waals surface area contributed by atoms with E-state index in [1.807, 2.05) is 18.2 Å². The van der Waals surface area contributed by atoms with E-state index in [4.69, 9.17) is 9.47 Å². The Morgan fingerprint density at radius 3 is 2.57 bits per heavy atom. The van der Waals surface area contributed by atoms with Gasteiger partial charge in [0.15, 0.2) is 11.5 Å². The molecule has 0 spiro atoms. The standard InChI is InChI=1S/C21H23BrN2O5S/c1-23(2)30(26,27)20-13-15(5-7-16(20)22)21(25)24-9-3-4-17(24)14-6-8-18-19(12-14)29-11-10-28-18/h5-8,12-13,17H,3-4,9-11H2,1-2H3. The Morgan fingerprint density at radius 1 is 1.10 bits per heavy atom. The minimum atomic E-state index is -3.68. The van der Waals surface area contributed by atoms with E-state index >= 15 is 0 Å². The maximum absolute atomic E-state index is 13.3. The summed E-state index contributed by atoms with van der Waals surface area (Å²) in [5.41, 5.74) is 1.34. The number of ether oxygens (including phenoxy) is 2. The molecule has 30 heavy (non-hydrogen) atoms. The lowest BCUT2D eigenvalue weighted by atomic mass is 10.0. The highest BCUT2D eigenvalue weighted by Gasteiger charge is 2.32. The van der Waals surface area contributed by atoms with Crippen LogP contribution in [0.1, 0.15) is 34.8 Å². The normalized spacial score (nSPS) is 18.7. The van der Waals surface area contributed by atoms with Crippen LogP contribution in [0.25, 0.3) is 0 Å². The number of benzene rings is 2. The van der Waals surface area contributed by atoms with Crippen molar-refractivity contribution in [2.75, 3.05) is 33.9 Å². The van der Waals surface area contributed by atoms with E-state index in [1.165, 1.54) is 20.2 Å². The van der Waals surface area contributed by atoms with Crippen LogP contribution in [0, 0.1) is 0 Å². The second-order valence-electron chi connectivity index (χ2n) is 7.49. The number of halogens is 1. The molecule has 2 aliphatic rings. The van der Waals surface area contributed by atoms with E-state index in [0.717, 1.165) is 22.7 Å². The lowest BCUT2D eigenvalue weighted by molar-refractivity contribution is 0.0735. The van der Waals surface area contributed by atoms with Crippen LogP contribution in [-0.4, -0.2) is 57.4 Å². The van der Waals surface area contributed by atoms with Gasteiger partial charge in [0.25, 0.3) is 5.91 Å². The van der Waals surface area contributed by atoms with Crippen molar-refractivity contribution in [2.24, 2.45) is 0 Å². The van der Waals surface area contributed by atoms with Gasteiger partial charge in [0.1, 0.15) is 13.2 Å². The van der Waals surface area contributed by atoms with Gasteiger partial charge in [-0.05, 0) is 64.7 Å².